The Labute approximate surface area is 132 Å². The van der Waals surface area contributed by atoms with E-state index in [1.165, 1.54) is 6.42 Å². The van der Waals surface area contributed by atoms with E-state index in [1.807, 2.05) is 0 Å². The van der Waals surface area contributed by atoms with E-state index in [-0.39, 0.29) is 22.5 Å². The number of hydrogen-bond acceptors (Lipinski definition) is 3. The van der Waals surface area contributed by atoms with Crippen molar-refractivity contribution in [1.29, 1.82) is 0 Å². The molecule has 2 fully saturated rings. The number of rotatable bonds is 5. The van der Waals surface area contributed by atoms with Crippen LogP contribution in [-0.2, 0) is 9.59 Å². The van der Waals surface area contributed by atoms with Gasteiger partial charge in [0.2, 0.25) is 11.1 Å². The van der Waals surface area contributed by atoms with E-state index in [0.29, 0.717) is 19.0 Å². The summed E-state index contributed by atoms with van der Waals surface area (Å²) in [5.74, 6) is 0.632. The number of amides is 1. The maximum Gasteiger partial charge on any atom is 0.227 e. The Balaban J connectivity index is 1.77. The van der Waals surface area contributed by atoms with Crippen molar-refractivity contribution in [2.75, 3.05) is 13.1 Å². The molecule has 3 N–H and O–H groups in total. The third kappa shape index (κ3) is 4.19. The van der Waals surface area contributed by atoms with Crippen LogP contribution in [0.2, 0.25) is 0 Å². The molecule has 0 aromatic heterocycles. The highest BCUT2D eigenvalue weighted by Gasteiger charge is 2.38. The number of halogens is 1. The summed E-state index contributed by atoms with van der Waals surface area (Å²) >= 11 is 5.55. The predicted molar refractivity (Wildman–Crippen MR) is 83.9 cm³/mol. The Morgan fingerprint density at radius 3 is 2.24 bits per heavy atom. The number of nitrogens with two attached hydrogens (primary N) is 1. The Morgan fingerprint density at radius 1 is 1.10 bits per heavy atom. The molecule has 1 amide bonds. The zero-order valence-electron chi connectivity index (χ0n) is 12.7. The second-order valence-electron chi connectivity index (χ2n) is 6.78. The molecule has 0 spiro atoms. The van der Waals surface area contributed by atoms with Crippen LogP contribution in [0.15, 0.2) is 0 Å². The van der Waals surface area contributed by atoms with Gasteiger partial charge < -0.3 is 11.1 Å². The van der Waals surface area contributed by atoms with Gasteiger partial charge in [-0.15, -0.1) is 0 Å². The average molecular weight is 315 g/mol. The lowest BCUT2D eigenvalue weighted by Crippen LogP contribution is -2.48. The van der Waals surface area contributed by atoms with Gasteiger partial charge in [-0.1, -0.05) is 19.3 Å². The summed E-state index contributed by atoms with van der Waals surface area (Å²) < 4.78 is 0. The van der Waals surface area contributed by atoms with Crippen LogP contribution in [0.25, 0.3) is 0 Å². The smallest absolute Gasteiger partial charge is 0.227 e. The van der Waals surface area contributed by atoms with Crippen molar-refractivity contribution in [2.45, 2.75) is 57.8 Å². The van der Waals surface area contributed by atoms with Crippen LogP contribution in [0.5, 0.6) is 0 Å². The lowest BCUT2D eigenvalue weighted by Gasteiger charge is -2.35. The van der Waals surface area contributed by atoms with Crippen molar-refractivity contribution < 1.29 is 9.59 Å². The molecule has 120 valence electrons. The molecule has 0 heterocycles. The quantitative estimate of drug-likeness (QED) is 0.766. The summed E-state index contributed by atoms with van der Waals surface area (Å²) in [6.07, 6.45) is 8.91. The number of carbonyl (C=O) groups is 2. The van der Waals surface area contributed by atoms with E-state index in [0.717, 1.165) is 51.4 Å². The molecule has 0 aromatic carbocycles. The zero-order chi connectivity index (χ0) is 15.3. The van der Waals surface area contributed by atoms with Crippen LogP contribution < -0.4 is 11.1 Å². The van der Waals surface area contributed by atoms with Crippen molar-refractivity contribution >= 4 is 22.8 Å². The van der Waals surface area contributed by atoms with Crippen molar-refractivity contribution in [3.63, 3.8) is 0 Å². The van der Waals surface area contributed by atoms with Crippen LogP contribution in [0, 0.1) is 17.3 Å². The third-order valence-corrected chi connectivity index (χ3v) is 5.71. The lowest BCUT2D eigenvalue weighted by molar-refractivity contribution is -0.132. The lowest BCUT2D eigenvalue weighted by atomic mass is 9.73. The first kappa shape index (κ1) is 16.8. The largest absolute Gasteiger partial charge is 0.355 e. The van der Waals surface area contributed by atoms with Crippen molar-refractivity contribution in [3.8, 4) is 0 Å². The van der Waals surface area contributed by atoms with Crippen molar-refractivity contribution in [1.82, 2.24) is 5.32 Å². The molecule has 0 aromatic rings. The van der Waals surface area contributed by atoms with Gasteiger partial charge >= 0.3 is 0 Å². The van der Waals surface area contributed by atoms with Gasteiger partial charge in [0.05, 0.1) is 5.41 Å². The third-order valence-electron chi connectivity index (χ3n) is 5.40. The molecular formula is C16H27ClN2O2. The Morgan fingerprint density at radius 2 is 1.71 bits per heavy atom. The Bertz CT molecular complexity index is 372. The highest BCUT2D eigenvalue weighted by Crippen LogP contribution is 2.36. The highest BCUT2D eigenvalue weighted by molar-refractivity contribution is 6.63. The van der Waals surface area contributed by atoms with E-state index in [4.69, 9.17) is 17.3 Å². The number of nitrogens with one attached hydrogen (secondary N) is 1. The fraction of sp³-hybridized carbons (Fsp3) is 0.875. The fourth-order valence-corrected chi connectivity index (χ4v) is 3.99. The summed E-state index contributed by atoms with van der Waals surface area (Å²) in [5.41, 5.74) is 5.55. The Kier molecular flexibility index (Phi) is 6.06. The topological polar surface area (TPSA) is 72.2 Å². The minimum Gasteiger partial charge on any atom is -0.355 e. The maximum atomic E-state index is 12.5. The van der Waals surface area contributed by atoms with Crippen LogP contribution >= 0.6 is 11.6 Å². The van der Waals surface area contributed by atoms with Crippen LogP contribution in [0.4, 0.5) is 0 Å². The molecule has 0 atom stereocenters. The van der Waals surface area contributed by atoms with Crippen LogP contribution in [0.1, 0.15) is 57.8 Å². The molecule has 0 bridgehead atoms. The molecule has 0 aliphatic heterocycles. The summed E-state index contributed by atoms with van der Waals surface area (Å²) in [6, 6.07) is 0. The zero-order valence-corrected chi connectivity index (χ0v) is 13.5. The summed E-state index contributed by atoms with van der Waals surface area (Å²) in [4.78, 5) is 23.6. The molecule has 4 nitrogen and oxygen atoms in total. The molecule has 2 aliphatic rings. The average Bonchev–Trinajstić information content (AvgIpc) is 2.53. The summed E-state index contributed by atoms with van der Waals surface area (Å²) in [7, 11) is 0. The Hall–Kier alpha value is -0.610. The first-order valence-electron chi connectivity index (χ1n) is 8.25. The SMILES string of the molecule is NCC1(C(=O)NCC2CCC(C(=O)Cl)CC2)CCCCC1. The second kappa shape index (κ2) is 7.59. The van der Waals surface area contributed by atoms with Gasteiger partial charge in [0, 0.05) is 19.0 Å². The molecule has 2 rings (SSSR count). The fourth-order valence-electron chi connectivity index (χ4n) is 3.77. The highest BCUT2D eigenvalue weighted by atomic mass is 35.5. The summed E-state index contributed by atoms with van der Waals surface area (Å²) in [6.45, 7) is 1.16. The molecule has 2 aliphatic carbocycles. The standard InChI is InChI=1S/C16H27ClN2O2/c17-14(20)13-6-4-12(5-7-13)10-19-15(21)16(11-18)8-2-1-3-9-16/h12-13H,1-11,18H2,(H,19,21). The first-order chi connectivity index (χ1) is 10.1. The molecular weight excluding hydrogens is 288 g/mol. The molecule has 0 unspecified atom stereocenters. The van der Waals surface area contributed by atoms with Gasteiger partial charge in [-0.05, 0) is 56.0 Å². The maximum absolute atomic E-state index is 12.5. The van der Waals surface area contributed by atoms with Gasteiger partial charge in [0.1, 0.15) is 0 Å². The summed E-state index contributed by atoms with van der Waals surface area (Å²) in [5, 5.41) is 2.91. The van der Waals surface area contributed by atoms with Gasteiger partial charge in [-0.25, -0.2) is 0 Å². The van der Waals surface area contributed by atoms with Gasteiger partial charge in [-0.3, -0.25) is 9.59 Å². The number of hydrogen-bond donors (Lipinski definition) is 2. The second-order valence-corrected chi connectivity index (χ2v) is 7.15. The normalized spacial score (nSPS) is 28.9. The minimum atomic E-state index is -0.332. The monoisotopic (exact) mass is 314 g/mol. The van der Waals surface area contributed by atoms with E-state index >= 15 is 0 Å². The van der Waals surface area contributed by atoms with Gasteiger partial charge in [-0.2, -0.15) is 0 Å². The number of carbonyl (C=O) groups excluding carboxylic acids is 2. The molecule has 5 heteroatoms. The van der Waals surface area contributed by atoms with E-state index < -0.39 is 0 Å². The minimum absolute atomic E-state index is 0.0207. The van der Waals surface area contributed by atoms with Gasteiger partial charge in [0.25, 0.3) is 0 Å². The van der Waals surface area contributed by atoms with Crippen LogP contribution in [-0.4, -0.2) is 24.2 Å². The van der Waals surface area contributed by atoms with Crippen molar-refractivity contribution in [2.24, 2.45) is 23.0 Å². The van der Waals surface area contributed by atoms with E-state index in [2.05, 4.69) is 5.32 Å². The molecule has 2 saturated carbocycles. The molecule has 0 radical (unpaired) electrons. The van der Waals surface area contributed by atoms with E-state index in [1.54, 1.807) is 0 Å². The molecule has 21 heavy (non-hydrogen) atoms. The van der Waals surface area contributed by atoms with Gasteiger partial charge in [0.15, 0.2) is 0 Å². The van der Waals surface area contributed by atoms with Crippen LogP contribution in [0.3, 0.4) is 0 Å². The van der Waals surface area contributed by atoms with E-state index in [9.17, 15) is 9.59 Å². The first-order valence-corrected chi connectivity index (χ1v) is 8.63. The molecule has 0 saturated heterocycles. The van der Waals surface area contributed by atoms with Crippen molar-refractivity contribution in [3.05, 3.63) is 0 Å². The predicted octanol–water partition coefficient (Wildman–Crippen LogP) is 2.58.